The summed E-state index contributed by atoms with van der Waals surface area (Å²) in [6, 6.07) is 9.28. The first-order valence-corrected chi connectivity index (χ1v) is 7.39. The molecule has 0 N–H and O–H groups in total. The molecule has 2 saturated carbocycles. The summed E-state index contributed by atoms with van der Waals surface area (Å²) in [5, 5.41) is 0. The van der Waals surface area contributed by atoms with Gasteiger partial charge in [0.2, 0.25) is 0 Å². The van der Waals surface area contributed by atoms with Crippen molar-refractivity contribution in [3.63, 3.8) is 0 Å². The van der Waals surface area contributed by atoms with Gasteiger partial charge in [0.05, 0.1) is 12.2 Å². The lowest BCUT2D eigenvalue weighted by Crippen LogP contribution is -2.28. The summed E-state index contributed by atoms with van der Waals surface area (Å²) in [7, 11) is 0. The highest BCUT2D eigenvalue weighted by Gasteiger charge is 2.48. The van der Waals surface area contributed by atoms with E-state index in [1.165, 1.54) is 12.8 Å². The number of hydrogen-bond acceptors (Lipinski definition) is 2. The molecule has 19 heavy (non-hydrogen) atoms. The quantitative estimate of drug-likeness (QED) is 0.771. The Morgan fingerprint density at radius 2 is 1.89 bits per heavy atom. The summed E-state index contributed by atoms with van der Waals surface area (Å²) in [5.41, 5.74) is 0.659. The van der Waals surface area contributed by atoms with E-state index in [2.05, 4.69) is 13.8 Å². The minimum absolute atomic E-state index is 0.177. The normalized spacial score (nSPS) is 36.4. The Hall–Kier alpha value is -1.31. The molecule has 0 aromatic heterocycles. The molecule has 0 amide bonds. The van der Waals surface area contributed by atoms with Crippen molar-refractivity contribution in [3.8, 4) is 0 Å². The van der Waals surface area contributed by atoms with Gasteiger partial charge in [-0.3, -0.25) is 0 Å². The fourth-order valence-corrected chi connectivity index (χ4v) is 4.13. The van der Waals surface area contributed by atoms with Gasteiger partial charge >= 0.3 is 5.97 Å². The van der Waals surface area contributed by atoms with Crippen LogP contribution in [0.2, 0.25) is 0 Å². The molecule has 0 radical (unpaired) electrons. The lowest BCUT2D eigenvalue weighted by atomic mass is 9.76. The van der Waals surface area contributed by atoms with Crippen molar-refractivity contribution in [3.05, 3.63) is 35.9 Å². The smallest absolute Gasteiger partial charge is 0.338 e. The molecule has 0 aliphatic heterocycles. The zero-order valence-electron chi connectivity index (χ0n) is 11.7. The van der Waals surface area contributed by atoms with Gasteiger partial charge in [-0.1, -0.05) is 32.0 Å². The van der Waals surface area contributed by atoms with Crippen LogP contribution in [0.3, 0.4) is 0 Å². The number of fused-ring (bicyclic) bond motifs is 2. The van der Waals surface area contributed by atoms with E-state index in [1.54, 1.807) is 0 Å². The van der Waals surface area contributed by atoms with Crippen LogP contribution in [0.25, 0.3) is 0 Å². The van der Waals surface area contributed by atoms with Crippen LogP contribution in [0.5, 0.6) is 0 Å². The van der Waals surface area contributed by atoms with E-state index in [9.17, 15) is 4.79 Å². The number of esters is 1. The summed E-state index contributed by atoms with van der Waals surface area (Å²) in [4.78, 5) is 11.9. The van der Waals surface area contributed by atoms with Gasteiger partial charge in [0.1, 0.15) is 0 Å². The number of ether oxygens (including phenoxy) is 1. The topological polar surface area (TPSA) is 26.3 Å². The average molecular weight is 258 g/mol. The van der Waals surface area contributed by atoms with E-state index in [4.69, 9.17) is 4.74 Å². The van der Waals surface area contributed by atoms with Crippen LogP contribution in [-0.4, -0.2) is 12.6 Å². The van der Waals surface area contributed by atoms with Gasteiger partial charge in [0, 0.05) is 0 Å². The lowest BCUT2D eigenvalue weighted by Gasteiger charge is -2.31. The van der Waals surface area contributed by atoms with Crippen LogP contribution >= 0.6 is 0 Å². The molecule has 1 aromatic rings. The Labute approximate surface area is 115 Å². The second-order valence-electron chi connectivity index (χ2n) is 6.34. The van der Waals surface area contributed by atoms with Crippen molar-refractivity contribution in [2.75, 3.05) is 6.61 Å². The van der Waals surface area contributed by atoms with Crippen molar-refractivity contribution < 1.29 is 9.53 Å². The molecule has 2 bridgehead atoms. The van der Waals surface area contributed by atoms with Crippen LogP contribution in [0, 0.1) is 29.6 Å². The third-order valence-corrected chi connectivity index (χ3v) is 5.47. The fraction of sp³-hybridized carbons (Fsp3) is 0.588. The zero-order chi connectivity index (χ0) is 13.4. The molecule has 2 aliphatic carbocycles. The van der Waals surface area contributed by atoms with E-state index in [-0.39, 0.29) is 5.97 Å². The second-order valence-corrected chi connectivity index (χ2v) is 6.34. The fourth-order valence-electron chi connectivity index (χ4n) is 4.13. The van der Waals surface area contributed by atoms with Gasteiger partial charge in [0.25, 0.3) is 0 Å². The SMILES string of the molecule is CC1C(C)[C@H]2C[C@H]1CC2COC(=O)c1ccccc1. The third-order valence-electron chi connectivity index (χ3n) is 5.47. The maximum atomic E-state index is 11.9. The molecule has 102 valence electrons. The molecular formula is C17H22O2. The van der Waals surface area contributed by atoms with Crippen LogP contribution in [0.1, 0.15) is 37.0 Å². The molecule has 0 spiro atoms. The molecule has 2 heteroatoms. The van der Waals surface area contributed by atoms with E-state index in [1.807, 2.05) is 30.3 Å². The van der Waals surface area contributed by atoms with Gasteiger partial charge in [0.15, 0.2) is 0 Å². The first kappa shape index (κ1) is 12.7. The summed E-state index contributed by atoms with van der Waals surface area (Å²) >= 11 is 0. The molecule has 1 aromatic carbocycles. The van der Waals surface area contributed by atoms with E-state index < -0.39 is 0 Å². The first-order valence-electron chi connectivity index (χ1n) is 7.39. The lowest BCUT2D eigenvalue weighted by molar-refractivity contribution is 0.0337. The number of carbonyl (C=O) groups is 1. The Balaban J connectivity index is 1.56. The molecule has 0 heterocycles. The summed E-state index contributed by atoms with van der Waals surface area (Å²) < 4.78 is 5.51. The van der Waals surface area contributed by atoms with Crippen LogP contribution < -0.4 is 0 Å². The van der Waals surface area contributed by atoms with Gasteiger partial charge in [-0.2, -0.15) is 0 Å². The number of carbonyl (C=O) groups excluding carboxylic acids is 1. The largest absolute Gasteiger partial charge is 0.462 e. The highest BCUT2D eigenvalue weighted by Crippen LogP contribution is 2.54. The van der Waals surface area contributed by atoms with Crippen LogP contribution in [-0.2, 0) is 4.74 Å². The van der Waals surface area contributed by atoms with Gasteiger partial charge < -0.3 is 4.74 Å². The maximum absolute atomic E-state index is 11.9. The first-order chi connectivity index (χ1) is 9.16. The Bertz CT molecular complexity index is 452. The van der Waals surface area contributed by atoms with Crippen molar-refractivity contribution in [1.82, 2.24) is 0 Å². The molecular weight excluding hydrogens is 236 g/mol. The van der Waals surface area contributed by atoms with Gasteiger partial charge in [-0.25, -0.2) is 4.79 Å². The van der Waals surface area contributed by atoms with Crippen molar-refractivity contribution in [1.29, 1.82) is 0 Å². The Morgan fingerprint density at radius 1 is 1.16 bits per heavy atom. The number of rotatable bonds is 3. The second kappa shape index (κ2) is 4.99. The standard InChI is InChI=1S/C17H22O2/c1-11-12(2)16-9-14(11)8-15(16)10-19-17(18)13-6-4-3-5-7-13/h3-7,11-12,14-16H,8-10H2,1-2H3/t11?,12?,14-,15?,16-/m1/s1. The molecule has 3 rings (SSSR count). The van der Waals surface area contributed by atoms with Crippen LogP contribution in [0.4, 0.5) is 0 Å². The monoisotopic (exact) mass is 258 g/mol. The van der Waals surface area contributed by atoms with E-state index in [0.29, 0.717) is 18.1 Å². The van der Waals surface area contributed by atoms with Crippen molar-refractivity contribution in [2.24, 2.45) is 29.6 Å². The summed E-state index contributed by atoms with van der Waals surface area (Å²) in [5.74, 6) is 3.68. The average Bonchev–Trinajstić information content (AvgIpc) is 2.98. The zero-order valence-corrected chi connectivity index (χ0v) is 11.7. The third kappa shape index (κ3) is 2.29. The molecule has 2 fully saturated rings. The number of benzene rings is 1. The predicted molar refractivity (Wildman–Crippen MR) is 74.8 cm³/mol. The van der Waals surface area contributed by atoms with Crippen LogP contribution in [0.15, 0.2) is 30.3 Å². The Morgan fingerprint density at radius 3 is 2.53 bits per heavy atom. The van der Waals surface area contributed by atoms with E-state index in [0.717, 1.165) is 23.7 Å². The van der Waals surface area contributed by atoms with Crippen molar-refractivity contribution in [2.45, 2.75) is 26.7 Å². The number of hydrogen-bond donors (Lipinski definition) is 0. The van der Waals surface area contributed by atoms with Gasteiger partial charge in [-0.15, -0.1) is 0 Å². The van der Waals surface area contributed by atoms with Crippen molar-refractivity contribution >= 4 is 5.97 Å². The molecule has 3 unspecified atom stereocenters. The highest BCUT2D eigenvalue weighted by atomic mass is 16.5. The molecule has 0 saturated heterocycles. The predicted octanol–water partition coefficient (Wildman–Crippen LogP) is 3.77. The summed E-state index contributed by atoms with van der Waals surface area (Å²) in [6.45, 7) is 5.34. The van der Waals surface area contributed by atoms with E-state index >= 15 is 0 Å². The molecule has 2 nitrogen and oxygen atoms in total. The minimum atomic E-state index is -0.177. The van der Waals surface area contributed by atoms with Gasteiger partial charge in [-0.05, 0) is 54.6 Å². The Kier molecular flexibility index (Phi) is 3.34. The minimum Gasteiger partial charge on any atom is -0.462 e. The highest BCUT2D eigenvalue weighted by molar-refractivity contribution is 5.89. The maximum Gasteiger partial charge on any atom is 0.338 e. The molecule has 5 atom stereocenters. The summed E-state index contributed by atoms with van der Waals surface area (Å²) in [6.07, 6.45) is 2.59. The molecule has 2 aliphatic rings.